The van der Waals surface area contributed by atoms with Crippen LogP contribution in [-0.2, 0) is 0 Å². The van der Waals surface area contributed by atoms with Gasteiger partial charge in [0.1, 0.15) is 18.1 Å². The number of rotatable bonds is 3. The lowest BCUT2D eigenvalue weighted by atomic mass is 10.0. The lowest BCUT2D eigenvalue weighted by Gasteiger charge is -2.23. The molecule has 2 rings (SSSR count). The molecule has 1 saturated carbocycles. The van der Waals surface area contributed by atoms with E-state index in [1.165, 1.54) is 12.8 Å². The number of phenolic OH excluding ortho intramolecular Hbond substituents is 1. The van der Waals surface area contributed by atoms with E-state index in [4.69, 9.17) is 10.5 Å². The fraction of sp³-hybridized carbons (Fsp3) is 0.500. The largest absolute Gasteiger partial charge is 0.508 e. The summed E-state index contributed by atoms with van der Waals surface area (Å²) < 4.78 is 5.59. The highest BCUT2D eigenvalue weighted by Crippen LogP contribution is 2.28. The summed E-state index contributed by atoms with van der Waals surface area (Å²) in [5.74, 6) is 0.914. The number of ether oxygens (including phenoxy) is 1. The van der Waals surface area contributed by atoms with Crippen LogP contribution in [0.15, 0.2) is 24.3 Å². The summed E-state index contributed by atoms with van der Waals surface area (Å²) in [7, 11) is 0. The zero-order valence-corrected chi connectivity index (χ0v) is 8.78. The van der Waals surface area contributed by atoms with Crippen molar-refractivity contribution in [3.05, 3.63) is 24.3 Å². The zero-order chi connectivity index (χ0) is 10.7. The number of hydrogen-bond donors (Lipinski definition) is 2. The van der Waals surface area contributed by atoms with Crippen LogP contribution in [0.5, 0.6) is 11.5 Å². The average Bonchev–Trinajstić information content (AvgIpc) is 2.63. The number of nitrogens with two attached hydrogens (primary N) is 1. The number of aromatic hydroxyl groups is 1. The third-order valence-electron chi connectivity index (χ3n) is 2.94. The van der Waals surface area contributed by atoms with Gasteiger partial charge < -0.3 is 15.6 Å². The normalized spacial score (nSPS) is 19.0. The molecule has 0 saturated heterocycles. The summed E-state index contributed by atoms with van der Waals surface area (Å²) >= 11 is 0. The second-order valence-electron chi connectivity index (χ2n) is 4.36. The highest BCUT2D eigenvalue weighted by molar-refractivity contribution is 5.31. The minimum atomic E-state index is -0.161. The molecule has 1 aliphatic rings. The van der Waals surface area contributed by atoms with Gasteiger partial charge in [0.2, 0.25) is 0 Å². The maximum Gasteiger partial charge on any atom is 0.123 e. The second kappa shape index (κ2) is 4.11. The van der Waals surface area contributed by atoms with E-state index >= 15 is 0 Å². The van der Waals surface area contributed by atoms with Crippen molar-refractivity contribution in [1.29, 1.82) is 0 Å². The monoisotopic (exact) mass is 207 g/mol. The van der Waals surface area contributed by atoms with Crippen LogP contribution in [0.3, 0.4) is 0 Å². The number of hydrogen-bond acceptors (Lipinski definition) is 3. The van der Waals surface area contributed by atoms with Crippen LogP contribution in [0, 0.1) is 0 Å². The highest BCUT2D eigenvalue weighted by Gasteiger charge is 2.29. The average molecular weight is 207 g/mol. The molecule has 0 spiro atoms. The fourth-order valence-electron chi connectivity index (χ4n) is 2.02. The molecule has 1 fully saturated rings. The number of phenols is 1. The van der Waals surface area contributed by atoms with E-state index < -0.39 is 0 Å². The van der Waals surface area contributed by atoms with Crippen LogP contribution in [0.2, 0.25) is 0 Å². The van der Waals surface area contributed by atoms with Gasteiger partial charge in [-0.1, -0.05) is 18.9 Å². The van der Waals surface area contributed by atoms with E-state index in [9.17, 15) is 5.11 Å². The van der Waals surface area contributed by atoms with E-state index in [0.29, 0.717) is 12.4 Å². The Kier molecular flexibility index (Phi) is 2.82. The summed E-state index contributed by atoms with van der Waals surface area (Å²) in [6.07, 6.45) is 4.46. The molecule has 1 aliphatic carbocycles. The first-order valence-electron chi connectivity index (χ1n) is 5.39. The Bertz CT molecular complexity index is 332. The highest BCUT2D eigenvalue weighted by atomic mass is 16.5. The van der Waals surface area contributed by atoms with Crippen LogP contribution in [0.25, 0.3) is 0 Å². The van der Waals surface area contributed by atoms with E-state index in [1.54, 1.807) is 18.2 Å². The summed E-state index contributed by atoms with van der Waals surface area (Å²) in [5.41, 5.74) is 6.00. The van der Waals surface area contributed by atoms with E-state index in [1.807, 2.05) is 6.07 Å². The molecule has 3 nitrogen and oxygen atoms in total. The van der Waals surface area contributed by atoms with Gasteiger partial charge in [-0.2, -0.15) is 0 Å². The van der Waals surface area contributed by atoms with Gasteiger partial charge in [0.05, 0.1) is 5.54 Å². The minimum Gasteiger partial charge on any atom is -0.508 e. The van der Waals surface area contributed by atoms with Crippen molar-refractivity contribution in [2.45, 2.75) is 31.2 Å². The molecule has 0 bridgehead atoms. The first-order chi connectivity index (χ1) is 7.18. The maximum absolute atomic E-state index is 9.26. The van der Waals surface area contributed by atoms with Crippen LogP contribution < -0.4 is 10.5 Å². The molecule has 0 aliphatic heterocycles. The molecule has 0 amide bonds. The zero-order valence-electron chi connectivity index (χ0n) is 8.78. The number of benzene rings is 1. The fourth-order valence-corrected chi connectivity index (χ4v) is 2.02. The van der Waals surface area contributed by atoms with Gasteiger partial charge in [-0.3, -0.25) is 0 Å². The Balaban J connectivity index is 1.92. The Morgan fingerprint density at radius 2 is 2.07 bits per heavy atom. The van der Waals surface area contributed by atoms with Crippen LogP contribution in [-0.4, -0.2) is 17.3 Å². The molecule has 0 unspecified atom stereocenters. The molecule has 0 aromatic heterocycles. The molecular weight excluding hydrogens is 190 g/mol. The lowest BCUT2D eigenvalue weighted by Crippen LogP contribution is -2.42. The Hall–Kier alpha value is -1.22. The van der Waals surface area contributed by atoms with Crippen molar-refractivity contribution < 1.29 is 9.84 Å². The smallest absolute Gasteiger partial charge is 0.123 e. The molecular formula is C12H17NO2. The van der Waals surface area contributed by atoms with Crippen LogP contribution >= 0.6 is 0 Å². The molecule has 1 aromatic rings. The third-order valence-corrected chi connectivity index (χ3v) is 2.94. The van der Waals surface area contributed by atoms with Gasteiger partial charge in [-0.05, 0) is 25.0 Å². The standard InChI is InChI=1S/C12H17NO2/c13-12(6-1-2-7-12)9-15-11-5-3-4-10(14)8-11/h3-5,8,14H,1-2,6-7,9,13H2. The van der Waals surface area contributed by atoms with E-state index in [-0.39, 0.29) is 11.3 Å². The van der Waals surface area contributed by atoms with Crippen LogP contribution in [0.1, 0.15) is 25.7 Å². The Morgan fingerprint density at radius 1 is 1.33 bits per heavy atom. The molecule has 0 heterocycles. The molecule has 0 radical (unpaired) electrons. The van der Waals surface area contributed by atoms with Crippen LogP contribution in [0.4, 0.5) is 0 Å². The van der Waals surface area contributed by atoms with Gasteiger partial charge in [0.25, 0.3) is 0 Å². The first-order valence-corrected chi connectivity index (χ1v) is 5.39. The lowest BCUT2D eigenvalue weighted by molar-refractivity contribution is 0.220. The molecule has 0 atom stereocenters. The van der Waals surface area contributed by atoms with Crippen molar-refractivity contribution in [3.8, 4) is 11.5 Å². The van der Waals surface area contributed by atoms with E-state index in [2.05, 4.69) is 0 Å². The van der Waals surface area contributed by atoms with Gasteiger partial charge in [-0.15, -0.1) is 0 Å². The minimum absolute atomic E-state index is 0.161. The molecule has 3 N–H and O–H groups in total. The van der Waals surface area contributed by atoms with Crippen molar-refractivity contribution in [1.82, 2.24) is 0 Å². The Morgan fingerprint density at radius 3 is 2.73 bits per heavy atom. The van der Waals surface area contributed by atoms with Crippen molar-refractivity contribution >= 4 is 0 Å². The predicted octanol–water partition coefficient (Wildman–Crippen LogP) is 2.04. The van der Waals surface area contributed by atoms with E-state index in [0.717, 1.165) is 12.8 Å². The molecule has 15 heavy (non-hydrogen) atoms. The maximum atomic E-state index is 9.26. The predicted molar refractivity (Wildman–Crippen MR) is 59.0 cm³/mol. The van der Waals surface area contributed by atoms with Crippen molar-refractivity contribution in [2.24, 2.45) is 5.73 Å². The topological polar surface area (TPSA) is 55.5 Å². The molecule has 3 heteroatoms. The Labute approximate surface area is 89.9 Å². The third kappa shape index (κ3) is 2.63. The van der Waals surface area contributed by atoms with Gasteiger partial charge in [-0.25, -0.2) is 0 Å². The first kappa shape index (κ1) is 10.3. The summed E-state index contributed by atoms with van der Waals surface area (Å²) in [4.78, 5) is 0. The quantitative estimate of drug-likeness (QED) is 0.797. The molecule has 82 valence electrons. The summed E-state index contributed by atoms with van der Waals surface area (Å²) in [5, 5.41) is 9.26. The van der Waals surface area contributed by atoms with Crippen molar-refractivity contribution in [2.75, 3.05) is 6.61 Å². The summed E-state index contributed by atoms with van der Waals surface area (Å²) in [6, 6.07) is 6.83. The summed E-state index contributed by atoms with van der Waals surface area (Å²) in [6.45, 7) is 0.538. The molecule has 1 aromatic carbocycles. The van der Waals surface area contributed by atoms with Gasteiger partial charge in [0, 0.05) is 6.07 Å². The van der Waals surface area contributed by atoms with Gasteiger partial charge >= 0.3 is 0 Å². The SMILES string of the molecule is NC1(COc2cccc(O)c2)CCCC1. The van der Waals surface area contributed by atoms with Gasteiger partial charge in [0.15, 0.2) is 0 Å². The van der Waals surface area contributed by atoms with Crippen molar-refractivity contribution in [3.63, 3.8) is 0 Å². The second-order valence-corrected chi connectivity index (χ2v) is 4.36.